The van der Waals surface area contributed by atoms with Crippen molar-refractivity contribution in [3.8, 4) is 17.2 Å². The topological polar surface area (TPSA) is 115 Å². The molecule has 0 bridgehead atoms. The van der Waals surface area contributed by atoms with E-state index < -0.39 is 10.8 Å². The molecule has 11 heteroatoms. The van der Waals surface area contributed by atoms with E-state index in [4.69, 9.17) is 21.7 Å². The van der Waals surface area contributed by atoms with Crippen LogP contribution < -0.4 is 9.47 Å². The first-order valence-corrected chi connectivity index (χ1v) is 9.58. The van der Waals surface area contributed by atoms with Gasteiger partial charge in [0, 0.05) is 29.3 Å². The average Bonchev–Trinajstić information content (AvgIpc) is 3.00. The highest BCUT2D eigenvalue weighted by Gasteiger charge is 2.32. The van der Waals surface area contributed by atoms with Crippen LogP contribution in [0.15, 0.2) is 46.4 Å². The number of aromatic hydroxyl groups is 1. The number of ether oxygens (including phenoxy) is 2. The molecule has 0 radical (unpaired) electrons. The Morgan fingerprint density at radius 1 is 1.20 bits per heavy atom. The van der Waals surface area contributed by atoms with Gasteiger partial charge in [0.1, 0.15) is 17.2 Å². The zero-order chi connectivity index (χ0) is 21.8. The Bertz CT molecular complexity index is 1100. The van der Waals surface area contributed by atoms with Crippen LogP contribution >= 0.6 is 24.0 Å². The van der Waals surface area contributed by atoms with Crippen molar-refractivity contribution in [1.82, 2.24) is 5.01 Å². The highest BCUT2D eigenvalue weighted by Crippen LogP contribution is 2.35. The summed E-state index contributed by atoms with van der Waals surface area (Å²) in [5, 5.41) is 25.8. The van der Waals surface area contributed by atoms with E-state index in [0.717, 1.165) is 35.1 Å². The summed E-state index contributed by atoms with van der Waals surface area (Å²) in [5.41, 5.74) is 0.518. The Kier molecular flexibility index (Phi) is 6.33. The number of hydrogen-bond donors (Lipinski definition) is 1. The SMILES string of the molecule is COc1ccc(C=C2SC(=S)N(/N=C/c3cc([N+](=O)[O-])ccc3O)C2=O)c(OC)c1. The molecule has 1 fully saturated rings. The largest absolute Gasteiger partial charge is 0.507 e. The minimum Gasteiger partial charge on any atom is -0.507 e. The standard InChI is InChI=1S/C19H15N3O6S2/c1-27-14-5-3-11(16(9-14)28-2)8-17-18(24)21(19(29)30-17)20-10-12-7-13(22(25)26)4-6-15(12)23/h3-10,23H,1-2H3/b17-8?,20-10+. The van der Waals surface area contributed by atoms with Gasteiger partial charge in [-0.15, -0.1) is 0 Å². The van der Waals surface area contributed by atoms with Crippen LogP contribution in [-0.2, 0) is 4.79 Å². The Hall–Kier alpha value is -3.44. The second kappa shape index (κ2) is 8.93. The first kappa shape index (κ1) is 21.3. The van der Waals surface area contributed by atoms with Crippen molar-refractivity contribution >= 4 is 52.2 Å². The molecule has 154 valence electrons. The molecule has 1 aliphatic rings. The molecule has 3 rings (SSSR count). The zero-order valence-electron chi connectivity index (χ0n) is 15.8. The molecule has 0 saturated carbocycles. The van der Waals surface area contributed by atoms with E-state index in [0.29, 0.717) is 22.0 Å². The molecule has 1 heterocycles. The lowest BCUT2D eigenvalue weighted by molar-refractivity contribution is -0.384. The number of amides is 1. The van der Waals surface area contributed by atoms with Gasteiger partial charge in [-0.2, -0.15) is 10.1 Å². The number of nitrogens with zero attached hydrogens (tertiary/aromatic N) is 3. The van der Waals surface area contributed by atoms with E-state index in [1.165, 1.54) is 20.3 Å². The fraction of sp³-hybridized carbons (Fsp3) is 0.105. The van der Waals surface area contributed by atoms with Crippen LogP contribution in [0.4, 0.5) is 5.69 Å². The minimum absolute atomic E-state index is 0.0825. The highest BCUT2D eigenvalue weighted by atomic mass is 32.2. The summed E-state index contributed by atoms with van der Waals surface area (Å²) in [6.45, 7) is 0. The van der Waals surface area contributed by atoms with Gasteiger partial charge >= 0.3 is 0 Å². The van der Waals surface area contributed by atoms with E-state index >= 15 is 0 Å². The highest BCUT2D eigenvalue weighted by molar-refractivity contribution is 8.26. The van der Waals surface area contributed by atoms with Gasteiger partial charge in [0.2, 0.25) is 0 Å². The predicted molar refractivity (Wildman–Crippen MR) is 117 cm³/mol. The first-order chi connectivity index (χ1) is 14.3. The summed E-state index contributed by atoms with van der Waals surface area (Å²) in [5.74, 6) is 0.444. The molecular formula is C19H15N3O6S2. The summed E-state index contributed by atoms with van der Waals surface area (Å²) in [7, 11) is 3.05. The van der Waals surface area contributed by atoms with Gasteiger partial charge in [0.15, 0.2) is 4.32 Å². The molecule has 1 N–H and O–H groups in total. The van der Waals surface area contributed by atoms with Crippen molar-refractivity contribution in [1.29, 1.82) is 0 Å². The summed E-state index contributed by atoms with van der Waals surface area (Å²) < 4.78 is 10.7. The average molecular weight is 445 g/mol. The van der Waals surface area contributed by atoms with Crippen LogP contribution in [0.5, 0.6) is 17.2 Å². The Labute approximate surface area is 180 Å². The van der Waals surface area contributed by atoms with Gasteiger partial charge in [0.05, 0.1) is 30.3 Å². The normalized spacial score (nSPS) is 15.3. The molecule has 1 aliphatic heterocycles. The Morgan fingerprint density at radius 3 is 2.63 bits per heavy atom. The van der Waals surface area contributed by atoms with Crippen LogP contribution in [0.3, 0.4) is 0 Å². The molecule has 2 aromatic carbocycles. The lowest BCUT2D eigenvalue weighted by Crippen LogP contribution is -2.22. The first-order valence-electron chi connectivity index (χ1n) is 8.35. The van der Waals surface area contributed by atoms with Crippen LogP contribution in [-0.4, -0.2) is 45.7 Å². The van der Waals surface area contributed by atoms with Gasteiger partial charge in [-0.1, -0.05) is 11.8 Å². The molecule has 0 spiro atoms. The monoisotopic (exact) mass is 445 g/mol. The number of nitro groups is 1. The van der Waals surface area contributed by atoms with Gasteiger partial charge in [-0.25, -0.2) is 0 Å². The second-order valence-corrected chi connectivity index (χ2v) is 7.52. The molecule has 30 heavy (non-hydrogen) atoms. The lowest BCUT2D eigenvalue weighted by Gasteiger charge is -2.08. The van der Waals surface area contributed by atoms with Gasteiger partial charge in [-0.05, 0) is 36.5 Å². The molecule has 1 saturated heterocycles. The van der Waals surface area contributed by atoms with Crippen molar-refractivity contribution in [3.63, 3.8) is 0 Å². The summed E-state index contributed by atoms with van der Waals surface area (Å²) in [6.07, 6.45) is 2.77. The van der Waals surface area contributed by atoms with Crippen molar-refractivity contribution in [2.45, 2.75) is 0 Å². The third kappa shape index (κ3) is 4.42. The molecule has 9 nitrogen and oxygen atoms in total. The zero-order valence-corrected chi connectivity index (χ0v) is 17.4. The van der Waals surface area contributed by atoms with Gasteiger partial charge < -0.3 is 14.6 Å². The van der Waals surface area contributed by atoms with Crippen LogP contribution in [0, 0.1) is 10.1 Å². The quantitative estimate of drug-likeness (QED) is 0.236. The number of hydrazone groups is 1. The summed E-state index contributed by atoms with van der Waals surface area (Å²) in [6, 6.07) is 8.66. The van der Waals surface area contributed by atoms with Crippen molar-refractivity contribution in [2.24, 2.45) is 5.10 Å². The summed E-state index contributed by atoms with van der Waals surface area (Å²) in [4.78, 5) is 23.4. The molecule has 1 amide bonds. The number of carbonyl (C=O) groups excluding carboxylic acids is 1. The van der Waals surface area contributed by atoms with Gasteiger partial charge in [-0.3, -0.25) is 14.9 Å². The number of phenols is 1. The van der Waals surface area contributed by atoms with Crippen LogP contribution in [0.1, 0.15) is 11.1 Å². The molecule has 0 unspecified atom stereocenters. The fourth-order valence-corrected chi connectivity index (χ4v) is 3.68. The van der Waals surface area contributed by atoms with Crippen molar-refractivity contribution in [3.05, 3.63) is 62.5 Å². The number of thioether (sulfide) groups is 1. The maximum atomic E-state index is 12.7. The number of rotatable bonds is 6. The van der Waals surface area contributed by atoms with Crippen LogP contribution in [0.25, 0.3) is 6.08 Å². The van der Waals surface area contributed by atoms with Gasteiger partial charge in [0.25, 0.3) is 11.6 Å². The number of methoxy groups -OCH3 is 2. The van der Waals surface area contributed by atoms with E-state index in [1.54, 1.807) is 24.3 Å². The van der Waals surface area contributed by atoms with Crippen molar-refractivity contribution in [2.75, 3.05) is 14.2 Å². The predicted octanol–water partition coefficient (Wildman–Crippen LogP) is 3.55. The lowest BCUT2D eigenvalue weighted by atomic mass is 10.1. The third-order valence-electron chi connectivity index (χ3n) is 4.03. The van der Waals surface area contributed by atoms with E-state index in [1.807, 2.05) is 0 Å². The van der Waals surface area contributed by atoms with E-state index in [9.17, 15) is 20.0 Å². The number of hydrogen-bond acceptors (Lipinski definition) is 9. The number of benzene rings is 2. The number of nitro benzene ring substituents is 1. The number of phenolic OH excluding ortho intramolecular Hbond substituents is 1. The molecule has 0 atom stereocenters. The molecule has 0 aliphatic carbocycles. The molecule has 0 aromatic heterocycles. The van der Waals surface area contributed by atoms with Crippen LogP contribution in [0.2, 0.25) is 0 Å². The number of thiocarbonyl (C=S) groups is 1. The fourth-order valence-electron chi connectivity index (χ4n) is 2.52. The smallest absolute Gasteiger partial charge is 0.286 e. The van der Waals surface area contributed by atoms with E-state index in [-0.39, 0.29) is 21.3 Å². The Balaban J connectivity index is 1.87. The van der Waals surface area contributed by atoms with Crippen molar-refractivity contribution < 1.29 is 24.3 Å². The second-order valence-electron chi connectivity index (χ2n) is 5.85. The minimum atomic E-state index is -0.596. The maximum Gasteiger partial charge on any atom is 0.286 e. The maximum absolute atomic E-state index is 12.7. The number of non-ortho nitro benzene ring substituents is 1. The molecular weight excluding hydrogens is 430 g/mol. The Morgan fingerprint density at radius 2 is 1.97 bits per heavy atom. The molecule has 2 aromatic rings. The number of carbonyl (C=O) groups is 1. The van der Waals surface area contributed by atoms with E-state index in [2.05, 4.69) is 5.10 Å². The summed E-state index contributed by atoms with van der Waals surface area (Å²) >= 11 is 6.27. The third-order valence-corrected chi connectivity index (χ3v) is 5.32.